The zero-order valence-corrected chi connectivity index (χ0v) is 13.4. The first-order chi connectivity index (χ1) is 9.47. The third-order valence-electron chi connectivity index (χ3n) is 4.75. The van der Waals surface area contributed by atoms with Gasteiger partial charge in [-0.3, -0.25) is 4.90 Å². The van der Waals surface area contributed by atoms with Crippen LogP contribution < -0.4 is 10.1 Å². The van der Waals surface area contributed by atoms with E-state index in [2.05, 4.69) is 56.4 Å². The van der Waals surface area contributed by atoms with Crippen LogP contribution in [0.15, 0.2) is 24.3 Å². The molecule has 0 amide bonds. The van der Waals surface area contributed by atoms with Crippen LogP contribution in [0.4, 0.5) is 0 Å². The maximum absolute atomic E-state index is 5.31. The van der Waals surface area contributed by atoms with Gasteiger partial charge in [-0.05, 0) is 50.0 Å². The Bertz CT molecular complexity index is 444. The van der Waals surface area contributed by atoms with E-state index in [1.807, 2.05) is 6.07 Å². The van der Waals surface area contributed by atoms with Gasteiger partial charge in [0.2, 0.25) is 0 Å². The highest BCUT2D eigenvalue weighted by Gasteiger charge is 2.42. The van der Waals surface area contributed by atoms with E-state index in [1.165, 1.54) is 18.4 Å². The molecule has 3 heteroatoms. The summed E-state index contributed by atoms with van der Waals surface area (Å²) in [7, 11) is 6.04. The van der Waals surface area contributed by atoms with Crippen molar-refractivity contribution < 1.29 is 4.74 Å². The molecular formula is C17H28N2O. The van der Waals surface area contributed by atoms with E-state index >= 15 is 0 Å². The maximum atomic E-state index is 5.31. The molecule has 0 bridgehead atoms. The average Bonchev–Trinajstić information content (AvgIpc) is 2.73. The molecule has 0 saturated heterocycles. The molecule has 0 aromatic heterocycles. The Labute approximate surface area is 123 Å². The Balaban J connectivity index is 2.06. The predicted molar refractivity (Wildman–Crippen MR) is 84.1 cm³/mol. The molecule has 2 unspecified atom stereocenters. The van der Waals surface area contributed by atoms with Gasteiger partial charge in [0.15, 0.2) is 0 Å². The highest BCUT2D eigenvalue weighted by Crippen LogP contribution is 2.39. The fourth-order valence-electron chi connectivity index (χ4n) is 3.60. The van der Waals surface area contributed by atoms with Crippen LogP contribution in [0.1, 0.15) is 32.3 Å². The van der Waals surface area contributed by atoms with Gasteiger partial charge in [0.25, 0.3) is 0 Å². The average molecular weight is 276 g/mol. The van der Waals surface area contributed by atoms with Gasteiger partial charge in [-0.15, -0.1) is 0 Å². The van der Waals surface area contributed by atoms with Gasteiger partial charge in [0, 0.05) is 18.6 Å². The molecule has 0 aliphatic heterocycles. The van der Waals surface area contributed by atoms with E-state index in [1.54, 1.807) is 7.11 Å². The number of ether oxygens (including phenoxy) is 1. The van der Waals surface area contributed by atoms with Crippen molar-refractivity contribution in [3.05, 3.63) is 29.8 Å². The van der Waals surface area contributed by atoms with Gasteiger partial charge >= 0.3 is 0 Å². The van der Waals surface area contributed by atoms with Crippen LogP contribution in [0.3, 0.4) is 0 Å². The summed E-state index contributed by atoms with van der Waals surface area (Å²) in [6, 6.07) is 9.52. The Morgan fingerprint density at radius 3 is 2.80 bits per heavy atom. The van der Waals surface area contributed by atoms with E-state index in [-0.39, 0.29) is 0 Å². The molecule has 0 radical (unpaired) electrons. The number of methoxy groups -OCH3 is 1. The van der Waals surface area contributed by atoms with Crippen molar-refractivity contribution in [2.45, 2.75) is 45.3 Å². The molecule has 0 spiro atoms. The van der Waals surface area contributed by atoms with Crippen molar-refractivity contribution >= 4 is 0 Å². The fourth-order valence-corrected chi connectivity index (χ4v) is 3.60. The monoisotopic (exact) mass is 276 g/mol. The second-order valence-corrected chi connectivity index (χ2v) is 6.63. The van der Waals surface area contributed by atoms with Gasteiger partial charge in [-0.2, -0.15) is 0 Å². The Kier molecular flexibility index (Phi) is 4.71. The van der Waals surface area contributed by atoms with Crippen LogP contribution in [0.25, 0.3) is 0 Å². The maximum Gasteiger partial charge on any atom is 0.119 e. The first kappa shape index (κ1) is 15.3. The number of hydrogen-bond donors (Lipinski definition) is 1. The smallest absolute Gasteiger partial charge is 0.119 e. The molecule has 2 rings (SSSR count). The van der Waals surface area contributed by atoms with Gasteiger partial charge in [0.1, 0.15) is 5.75 Å². The van der Waals surface area contributed by atoms with Crippen molar-refractivity contribution in [1.82, 2.24) is 10.2 Å². The van der Waals surface area contributed by atoms with E-state index in [9.17, 15) is 0 Å². The molecule has 1 aromatic rings. The summed E-state index contributed by atoms with van der Waals surface area (Å²) in [5.74, 6) is 0.938. The molecule has 2 atom stereocenters. The third-order valence-corrected chi connectivity index (χ3v) is 4.75. The van der Waals surface area contributed by atoms with Crippen LogP contribution in [0, 0.1) is 5.41 Å². The molecule has 20 heavy (non-hydrogen) atoms. The largest absolute Gasteiger partial charge is 0.497 e. The molecule has 112 valence electrons. The number of nitrogens with zero attached hydrogens (tertiary/aromatic N) is 1. The summed E-state index contributed by atoms with van der Waals surface area (Å²) in [5, 5.41) is 3.53. The summed E-state index contributed by atoms with van der Waals surface area (Å²) in [6.07, 6.45) is 2.55. The first-order valence-electron chi connectivity index (χ1n) is 7.48. The molecule has 1 aliphatic rings. The lowest BCUT2D eigenvalue weighted by Gasteiger charge is -2.35. The first-order valence-corrected chi connectivity index (χ1v) is 7.48. The lowest BCUT2D eigenvalue weighted by molar-refractivity contribution is 0.171. The zero-order valence-electron chi connectivity index (χ0n) is 13.4. The summed E-state index contributed by atoms with van der Waals surface area (Å²) in [5.41, 5.74) is 1.69. The normalized spacial score (nSPS) is 25.1. The molecule has 0 heterocycles. The Hall–Kier alpha value is -1.06. The van der Waals surface area contributed by atoms with Gasteiger partial charge < -0.3 is 10.1 Å². The molecule has 1 N–H and O–H groups in total. The van der Waals surface area contributed by atoms with Crippen LogP contribution in [-0.2, 0) is 6.54 Å². The van der Waals surface area contributed by atoms with Gasteiger partial charge in [0.05, 0.1) is 7.11 Å². The fraction of sp³-hybridized carbons (Fsp3) is 0.647. The van der Waals surface area contributed by atoms with E-state index < -0.39 is 0 Å². The lowest BCUT2D eigenvalue weighted by Crippen LogP contribution is -2.49. The predicted octanol–water partition coefficient (Wildman–Crippen LogP) is 2.90. The van der Waals surface area contributed by atoms with Crippen molar-refractivity contribution in [2.24, 2.45) is 5.41 Å². The molecule has 3 nitrogen and oxygen atoms in total. The van der Waals surface area contributed by atoms with Crippen molar-refractivity contribution in [2.75, 3.05) is 21.2 Å². The van der Waals surface area contributed by atoms with Crippen LogP contribution in [0.2, 0.25) is 0 Å². The minimum Gasteiger partial charge on any atom is -0.497 e. The van der Waals surface area contributed by atoms with E-state index in [0.29, 0.717) is 17.5 Å². The Morgan fingerprint density at radius 2 is 2.15 bits per heavy atom. The van der Waals surface area contributed by atoms with Crippen LogP contribution >= 0.6 is 0 Å². The topological polar surface area (TPSA) is 24.5 Å². The van der Waals surface area contributed by atoms with Crippen molar-refractivity contribution in [3.63, 3.8) is 0 Å². The quantitative estimate of drug-likeness (QED) is 0.895. The standard InChI is InChI=1S/C17H28N2O/c1-17(2)10-9-15(16(17)18-3)19(4)12-13-7-6-8-14(11-13)20-5/h6-8,11,15-16,18H,9-10,12H2,1-5H3. The third kappa shape index (κ3) is 3.15. The summed E-state index contributed by atoms with van der Waals surface area (Å²) >= 11 is 0. The second-order valence-electron chi connectivity index (χ2n) is 6.63. The molecule has 1 saturated carbocycles. The number of benzene rings is 1. The minimum atomic E-state index is 0.377. The second kappa shape index (κ2) is 6.15. The van der Waals surface area contributed by atoms with E-state index in [0.717, 1.165) is 12.3 Å². The zero-order chi connectivity index (χ0) is 14.8. The van der Waals surface area contributed by atoms with Crippen molar-refractivity contribution in [3.8, 4) is 5.75 Å². The SMILES string of the molecule is CNC1C(N(C)Cc2cccc(OC)c2)CCC1(C)C. The summed E-state index contributed by atoms with van der Waals surface area (Å²) < 4.78 is 5.31. The lowest BCUT2D eigenvalue weighted by atomic mass is 9.86. The highest BCUT2D eigenvalue weighted by molar-refractivity contribution is 5.28. The number of nitrogens with one attached hydrogen (secondary N) is 1. The number of rotatable bonds is 5. The van der Waals surface area contributed by atoms with Gasteiger partial charge in [-0.25, -0.2) is 0 Å². The van der Waals surface area contributed by atoms with E-state index in [4.69, 9.17) is 4.74 Å². The van der Waals surface area contributed by atoms with Crippen molar-refractivity contribution in [1.29, 1.82) is 0 Å². The molecular weight excluding hydrogens is 248 g/mol. The molecule has 1 aromatic carbocycles. The van der Waals surface area contributed by atoms with Gasteiger partial charge in [-0.1, -0.05) is 26.0 Å². The van der Waals surface area contributed by atoms with Crippen LogP contribution in [0.5, 0.6) is 5.75 Å². The minimum absolute atomic E-state index is 0.377. The number of likely N-dealkylation sites (N-methyl/N-ethyl adjacent to an activating group) is 2. The number of hydrogen-bond acceptors (Lipinski definition) is 3. The summed E-state index contributed by atoms with van der Waals surface area (Å²) in [6.45, 7) is 5.71. The van der Waals surface area contributed by atoms with Crippen LogP contribution in [-0.4, -0.2) is 38.2 Å². The molecule has 1 aliphatic carbocycles. The highest BCUT2D eigenvalue weighted by atomic mass is 16.5. The summed E-state index contributed by atoms with van der Waals surface area (Å²) in [4.78, 5) is 2.48. The molecule has 1 fully saturated rings. The Morgan fingerprint density at radius 1 is 1.40 bits per heavy atom.